The van der Waals surface area contributed by atoms with Gasteiger partial charge in [-0.2, -0.15) is 0 Å². The van der Waals surface area contributed by atoms with Crippen LogP contribution in [0.15, 0.2) is 34.6 Å². The highest BCUT2D eigenvalue weighted by Gasteiger charge is 2.37. The highest BCUT2D eigenvalue weighted by molar-refractivity contribution is 5.79. The highest BCUT2D eigenvalue weighted by atomic mass is 16.6. The van der Waals surface area contributed by atoms with Crippen LogP contribution >= 0.6 is 0 Å². The lowest BCUT2D eigenvalue weighted by Crippen LogP contribution is -2.43. The van der Waals surface area contributed by atoms with Crippen molar-refractivity contribution in [3.8, 4) is 0 Å². The Morgan fingerprint density at radius 2 is 1.70 bits per heavy atom. The molecule has 0 amide bonds. The molecule has 27 heavy (non-hydrogen) atoms. The molecule has 1 N–H and O–H groups in total. The first-order valence-electron chi connectivity index (χ1n) is 9.66. The zero-order valence-electron chi connectivity index (χ0n) is 18.9. The summed E-state index contributed by atoms with van der Waals surface area (Å²) >= 11 is 0. The lowest BCUT2D eigenvalue weighted by Gasteiger charge is -2.31. The molecule has 0 radical (unpaired) electrons. The molecule has 0 spiro atoms. The Bertz CT molecular complexity index is 596. The molecule has 0 aliphatic carbocycles. The third-order valence-corrected chi connectivity index (χ3v) is 4.79. The van der Waals surface area contributed by atoms with Gasteiger partial charge in [0.15, 0.2) is 0 Å². The lowest BCUT2D eigenvalue weighted by atomic mass is 9.97. The number of aliphatic hydroxyl groups excluding tert-OH is 1. The molecule has 0 aliphatic rings. The van der Waals surface area contributed by atoms with Crippen molar-refractivity contribution in [3.05, 3.63) is 34.6 Å². The summed E-state index contributed by atoms with van der Waals surface area (Å²) in [6, 6.07) is 0. The maximum atomic E-state index is 12.8. The van der Waals surface area contributed by atoms with Gasteiger partial charge in [-0.3, -0.25) is 0 Å². The minimum absolute atomic E-state index is 0.0668. The number of aliphatic hydroxyl groups is 1. The van der Waals surface area contributed by atoms with Crippen molar-refractivity contribution >= 4 is 5.97 Å². The number of nitrogens with zero attached hydrogens (tertiary/aromatic N) is 1. The Morgan fingerprint density at radius 3 is 2.07 bits per heavy atom. The molecule has 0 saturated carbocycles. The minimum atomic E-state index is -1.10. The molecule has 0 aromatic carbocycles. The molecule has 5 heteroatoms. The Hall–Kier alpha value is -1.59. The maximum Gasteiger partial charge on any atom is 0.350 e. The van der Waals surface area contributed by atoms with Gasteiger partial charge >= 0.3 is 5.97 Å². The van der Waals surface area contributed by atoms with Crippen LogP contribution in [0.4, 0.5) is 0 Å². The smallest absolute Gasteiger partial charge is 0.350 e. The van der Waals surface area contributed by atoms with Crippen LogP contribution in [-0.2, 0) is 14.3 Å². The van der Waals surface area contributed by atoms with E-state index in [1.54, 1.807) is 6.92 Å². The Balaban J connectivity index is 5.83. The van der Waals surface area contributed by atoms with E-state index in [0.29, 0.717) is 18.8 Å². The van der Waals surface area contributed by atoms with Crippen molar-refractivity contribution in [1.29, 1.82) is 0 Å². The van der Waals surface area contributed by atoms with Gasteiger partial charge in [0.05, 0.1) is 27.7 Å². The second-order valence-corrected chi connectivity index (χ2v) is 8.34. The minimum Gasteiger partial charge on any atom is -0.475 e. The molecule has 0 aromatic heterocycles. The molecule has 0 saturated heterocycles. The zero-order valence-corrected chi connectivity index (χ0v) is 18.9. The number of hydrogen-bond donors (Lipinski definition) is 1. The molecule has 1 atom stereocenters. The fourth-order valence-corrected chi connectivity index (χ4v) is 2.38. The topological polar surface area (TPSA) is 55.8 Å². The van der Waals surface area contributed by atoms with Crippen LogP contribution in [-0.4, -0.2) is 62.1 Å². The van der Waals surface area contributed by atoms with Crippen LogP contribution in [0.3, 0.4) is 0 Å². The summed E-state index contributed by atoms with van der Waals surface area (Å²) in [7, 11) is 6.16. The van der Waals surface area contributed by atoms with E-state index in [9.17, 15) is 9.90 Å². The average molecular weight is 383 g/mol. The van der Waals surface area contributed by atoms with Gasteiger partial charge in [-0.25, -0.2) is 4.79 Å². The first kappa shape index (κ1) is 25.4. The summed E-state index contributed by atoms with van der Waals surface area (Å²) in [6.45, 7) is 16.4. The number of likely N-dealkylation sites (N-methyl/N-ethyl adjacent to an activating group) is 1. The van der Waals surface area contributed by atoms with Crippen molar-refractivity contribution in [3.63, 3.8) is 0 Å². The first-order chi connectivity index (χ1) is 12.3. The van der Waals surface area contributed by atoms with Crippen LogP contribution in [0.1, 0.15) is 54.4 Å². The number of carbonyl (C=O) groups excluding carboxylic acids is 1. The second kappa shape index (κ2) is 10.7. The van der Waals surface area contributed by atoms with E-state index in [2.05, 4.69) is 27.7 Å². The largest absolute Gasteiger partial charge is 0.475 e. The van der Waals surface area contributed by atoms with Crippen molar-refractivity contribution < 1.29 is 23.9 Å². The number of quaternary nitrogens is 1. The standard InChI is InChI=1S/C22H40NO4/c1-11-19(16(3)4)20(18(6)17(5)15-24)27-22(7,12-2)21(25)26-14-13-23(8,9)10/h24H,3,11-15H2,1-2,4-10H3/q+1/b18-17?,20-19+. The van der Waals surface area contributed by atoms with E-state index in [0.717, 1.165) is 39.7 Å². The van der Waals surface area contributed by atoms with E-state index >= 15 is 0 Å². The van der Waals surface area contributed by atoms with Crippen LogP contribution in [0.5, 0.6) is 0 Å². The maximum absolute atomic E-state index is 12.8. The SMILES string of the molecule is C=C(C)/C(CC)=C(/OC(C)(CC)C(=O)OCC[N+](C)(C)C)C(C)=C(C)CO. The molecule has 0 bridgehead atoms. The molecule has 1 unspecified atom stereocenters. The van der Waals surface area contributed by atoms with Crippen molar-refractivity contribution in [2.24, 2.45) is 0 Å². The van der Waals surface area contributed by atoms with Gasteiger partial charge in [0.25, 0.3) is 0 Å². The zero-order chi connectivity index (χ0) is 21.4. The number of ether oxygens (including phenoxy) is 2. The van der Waals surface area contributed by atoms with Crippen LogP contribution in [0.2, 0.25) is 0 Å². The van der Waals surface area contributed by atoms with Gasteiger partial charge in [-0.1, -0.05) is 26.0 Å². The number of hydrogen-bond acceptors (Lipinski definition) is 4. The third kappa shape index (κ3) is 7.89. The summed E-state index contributed by atoms with van der Waals surface area (Å²) < 4.78 is 12.5. The summed E-state index contributed by atoms with van der Waals surface area (Å²) in [5.41, 5.74) is 2.35. The molecule has 0 aliphatic heterocycles. The summed E-state index contributed by atoms with van der Waals surface area (Å²) in [4.78, 5) is 12.8. The van der Waals surface area contributed by atoms with Crippen molar-refractivity contribution in [1.82, 2.24) is 0 Å². The van der Waals surface area contributed by atoms with Crippen molar-refractivity contribution in [2.45, 2.75) is 60.0 Å². The summed E-state index contributed by atoms with van der Waals surface area (Å²) in [5, 5.41) is 9.55. The summed E-state index contributed by atoms with van der Waals surface area (Å²) in [6.07, 6.45) is 1.19. The van der Waals surface area contributed by atoms with Gasteiger partial charge in [-0.05, 0) is 57.3 Å². The molecule has 156 valence electrons. The van der Waals surface area contributed by atoms with E-state index in [1.807, 2.05) is 34.6 Å². The fraction of sp³-hybridized carbons (Fsp3) is 0.682. The Morgan fingerprint density at radius 1 is 1.15 bits per heavy atom. The van der Waals surface area contributed by atoms with E-state index < -0.39 is 5.60 Å². The van der Waals surface area contributed by atoms with Gasteiger partial charge in [-0.15, -0.1) is 0 Å². The van der Waals surface area contributed by atoms with E-state index in [4.69, 9.17) is 9.47 Å². The molecule has 0 fully saturated rings. The molecular weight excluding hydrogens is 342 g/mol. The lowest BCUT2D eigenvalue weighted by molar-refractivity contribution is -0.870. The Kier molecular flexibility index (Phi) is 10.0. The molecule has 0 aromatic rings. The third-order valence-electron chi connectivity index (χ3n) is 4.79. The van der Waals surface area contributed by atoms with E-state index in [1.165, 1.54) is 0 Å². The molecule has 0 rings (SSSR count). The second-order valence-electron chi connectivity index (χ2n) is 8.34. The monoisotopic (exact) mass is 382 g/mol. The molecule has 5 nitrogen and oxygen atoms in total. The van der Waals surface area contributed by atoms with Gasteiger partial charge < -0.3 is 19.1 Å². The summed E-state index contributed by atoms with van der Waals surface area (Å²) in [5.74, 6) is 0.243. The molecular formula is C22H40NO4+. The molecule has 0 heterocycles. The van der Waals surface area contributed by atoms with Gasteiger partial charge in [0, 0.05) is 0 Å². The quantitative estimate of drug-likeness (QED) is 0.254. The average Bonchev–Trinajstić information content (AvgIpc) is 2.58. The predicted molar refractivity (Wildman–Crippen MR) is 111 cm³/mol. The van der Waals surface area contributed by atoms with Gasteiger partial charge in [0.1, 0.15) is 18.9 Å². The van der Waals surface area contributed by atoms with Crippen LogP contribution < -0.4 is 0 Å². The number of esters is 1. The normalized spacial score (nSPS) is 16.1. The fourth-order valence-electron chi connectivity index (χ4n) is 2.38. The first-order valence-corrected chi connectivity index (χ1v) is 9.66. The van der Waals surface area contributed by atoms with Crippen LogP contribution in [0, 0.1) is 0 Å². The van der Waals surface area contributed by atoms with E-state index in [-0.39, 0.29) is 12.6 Å². The number of carbonyl (C=O) groups is 1. The van der Waals surface area contributed by atoms with Gasteiger partial charge in [0.2, 0.25) is 5.60 Å². The predicted octanol–water partition coefficient (Wildman–Crippen LogP) is 3.99. The highest BCUT2D eigenvalue weighted by Crippen LogP contribution is 2.32. The van der Waals surface area contributed by atoms with Crippen LogP contribution in [0.25, 0.3) is 0 Å². The van der Waals surface area contributed by atoms with Crippen molar-refractivity contribution in [2.75, 3.05) is 40.9 Å². The number of allylic oxidation sites excluding steroid dienone is 3. The number of rotatable bonds is 11. The Labute approximate surface area is 165 Å².